The summed E-state index contributed by atoms with van der Waals surface area (Å²) in [4.78, 5) is 14.5. The maximum Gasteiger partial charge on any atom is 0.303 e. The third-order valence-electron chi connectivity index (χ3n) is 3.63. The van der Waals surface area contributed by atoms with Gasteiger partial charge in [0.05, 0.1) is 6.10 Å². The number of aryl methyl sites for hydroxylation is 1. The van der Waals surface area contributed by atoms with Gasteiger partial charge in [0, 0.05) is 31.3 Å². The minimum absolute atomic E-state index is 0.121. The van der Waals surface area contributed by atoms with E-state index in [9.17, 15) is 9.90 Å². The van der Waals surface area contributed by atoms with Crippen molar-refractivity contribution in [1.29, 1.82) is 0 Å². The first-order chi connectivity index (χ1) is 12.0. The van der Waals surface area contributed by atoms with Gasteiger partial charge in [0.15, 0.2) is 0 Å². The van der Waals surface area contributed by atoms with Crippen molar-refractivity contribution in [3.8, 4) is 5.75 Å². The standard InChI is InChI=1S/C18H23N3O4/c19-17-7-4-14(11-21-17)16(22)12-20-9-10-25-15-5-1-13(2-6-15)3-8-18(23)24/h1-2,4-7,11,16,20,22H,3,8-10,12H2,(H2,19,21)(H,23,24)/t16-/m0/s1. The van der Waals surface area contributed by atoms with Crippen LogP contribution in [0.25, 0.3) is 0 Å². The molecule has 2 aromatic rings. The summed E-state index contributed by atoms with van der Waals surface area (Å²) in [7, 11) is 0. The summed E-state index contributed by atoms with van der Waals surface area (Å²) in [5.41, 5.74) is 7.18. The molecule has 0 aliphatic rings. The minimum atomic E-state index is -0.802. The highest BCUT2D eigenvalue weighted by Gasteiger charge is 2.07. The van der Waals surface area contributed by atoms with E-state index in [0.717, 1.165) is 11.3 Å². The van der Waals surface area contributed by atoms with Gasteiger partial charge in [0.1, 0.15) is 18.2 Å². The Morgan fingerprint density at radius 2 is 2.00 bits per heavy atom. The van der Waals surface area contributed by atoms with Crippen molar-refractivity contribution in [1.82, 2.24) is 10.3 Å². The van der Waals surface area contributed by atoms with Gasteiger partial charge in [-0.1, -0.05) is 18.2 Å². The smallest absolute Gasteiger partial charge is 0.303 e. The summed E-state index contributed by atoms with van der Waals surface area (Å²) in [5.74, 6) is 0.346. The Labute approximate surface area is 146 Å². The number of carbonyl (C=O) groups is 1. The van der Waals surface area contributed by atoms with Crippen molar-refractivity contribution in [3.63, 3.8) is 0 Å². The van der Waals surface area contributed by atoms with Crippen LogP contribution in [0.5, 0.6) is 5.75 Å². The van der Waals surface area contributed by atoms with Crippen molar-refractivity contribution < 1.29 is 19.7 Å². The molecule has 0 saturated heterocycles. The molecule has 0 fully saturated rings. The molecule has 0 saturated carbocycles. The van der Waals surface area contributed by atoms with Crippen LogP contribution in [0, 0.1) is 0 Å². The predicted octanol–water partition coefficient (Wildman–Crippen LogP) is 1.38. The zero-order valence-corrected chi connectivity index (χ0v) is 13.9. The van der Waals surface area contributed by atoms with Crippen LogP contribution in [0.15, 0.2) is 42.6 Å². The lowest BCUT2D eigenvalue weighted by atomic mass is 10.1. The lowest BCUT2D eigenvalue weighted by Crippen LogP contribution is -2.26. The monoisotopic (exact) mass is 345 g/mol. The molecule has 25 heavy (non-hydrogen) atoms. The Kier molecular flexibility index (Phi) is 7.18. The second kappa shape index (κ2) is 9.61. The first kappa shape index (κ1) is 18.7. The molecule has 0 aliphatic carbocycles. The molecule has 0 unspecified atom stereocenters. The van der Waals surface area contributed by atoms with E-state index >= 15 is 0 Å². The number of nitrogens with one attached hydrogen (secondary N) is 1. The number of aliphatic hydroxyl groups is 1. The highest BCUT2D eigenvalue weighted by atomic mass is 16.5. The van der Waals surface area contributed by atoms with Crippen molar-refractivity contribution in [3.05, 3.63) is 53.7 Å². The van der Waals surface area contributed by atoms with Crippen molar-refractivity contribution in [2.24, 2.45) is 0 Å². The highest BCUT2D eigenvalue weighted by molar-refractivity contribution is 5.67. The summed E-state index contributed by atoms with van der Waals surface area (Å²) < 4.78 is 5.60. The number of pyridine rings is 1. The third-order valence-corrected chi connectivity index (χ3v) is 3.63. The lowest BCUT2D eigenvalue weighted by Gasteiger charge is -2.12. The van der Waals surface area contributed by atoms with E-state index in [1.165, 1.54) is 0 Å². The number of carboxylic acid groups (broad SMARTS) is 1. The number of rotatable bonds is 10. The Hall–Kier alpha value is -2.64. The fourth-order valence-corrected chi connectivity index (χ4v) is 2.22. The Morgan fingerprint density at radius 1 is 1.24 bits per heavy atom. The molecule has 0 aliphatic heterocycles. The average Bonchev–Trinajstić information content (AvgIpc) is 2.61. The summed E-state index contributed by atoms with van der Waals surface area (Å²) >= 11 is 0. The number of hydrogen-bond donors (Lipinski definition) is 4. The third kappa shape index (κ3) is 6.78. The van der Waals surface area contributed by atoms with E-state index in [1.807, 2.05) is 24.3 Å². The zero-order valence-electron chi connectivity index (χ0n) is 13.9. The fourth-order valence-electron chi connectivity index (χ4n) is 2.22. The number of ether oxygens (including phenoxy) is 1. The molecular weight excluding hydrogens is 322 g/mol. The van der Waals surface area contributed by atoms with Crippen LogP contribution in [0.3, 0.4) is 0 Å². The molecule has 1 aromatic carbocycles. The normalized spacial score (nSPS) is 11.9. The Bertz CT molecular complexity index is 659. The van der Waals surface area contributed by atoms with Crippen LogP contribution in [0.4, 0.5) is 5.82 Å². The van der Waals surface area contributed by atoms with Crippen molar-refractivity contribution >= 4 is 11.8 Å². The van der Waals surface area contributed by atoms with E-state index < -0.39 is 12.1 Å². The molecule has 1 aromatic heterocycles. The molecule has 0 amide bonds. The van der Waals surface area contributed by atoms with Gasteiger partial charge in [-0.15, -0.1) is 0 Å². The van der Waals surface area contributed by atoms with E-state index in [2.05, 4.69) is 10.3 Å². The molecule has 0 spiro atoms. The van der Waals surface area contributed by atoms with Crippen LogP contribution < -0.4 is 15.8 Å². The fraction of sp³-hybridized carbons (Fsp3) is 0.333. The summed E-state index contributed by atoms with van der Waals surface area (Å²) in [6.07, 6.45) is 1.54. The molecule has 7 nitrogen and oxygen atoms in total. The van der Waals surface area contributed by atoms with Gasteiger partial charge in [-0.2, -0.15) is 0 Å². The zero-order chi connectivity index (χ0) is 18.1. The number of aliphatic hydroxyl groups excluding tert-OH is 1. The second-order valence-electron chi connectivity index (χ2n) is 5.62. The number of aliphatic carboxylic acids is 1. The number of carboxylic acids is 1. The number of benzene rings is 1. The van der Waals surface area contributed by atoms with Crippen LogP contribution in [-0.4, -0.2) is 40.9 Å². The number of aromatic nitrogens is 1. The molecule has 134 valence electrons. The number of nitrogen functional groups attached to an aromatic ring is 1. The number of hydrogen-bond acceptors (Lipinski definition) is 6. The summed E-state index contributed by atoms with van der Waals surface area (Å²) in [5, 5.41) is 21.8. The Morgan fingerprint density at radius 3 is 2.64 bits per heavy atom. The van der Waals surface area contributed by atoms with Gasteiger partial charge in [-0.05, 0) is 30.2 Å². The summed E-state index contributed by atoms with van der Waals surface area (Å²) in [6.45, 7) is 1.44. The summed E-state index contributed by atoms with van der Waals surface area (Å²) in [6, 6.07) is 10.8. The van der Waals surface area contributed by atoms with Crippen LogP contribution in [0.2, 0.25) is 0 Å². The van der Waals surface area contributed by atoms with Gasteiger partial charge in [0.25, 0.3) is 0 Å². The van der Waals surface area contributed by atoms with E-state index in [0.29, 0.717) is 37.5 Å². The first-order valence-corrected chi connectivity index (χ1v) is 8.08. The molecule has 2 rings (SSSR count). The van der Waals surface area contributed by atoms with E-state index in [4.69, 9.17) is 15.6 Å². The lowest BCUT2D eigenvalue weighted by molar-refractivity contribution is -0.136. The average molecular weight is 345 g/mol. The number of nitrogens with zero attached hydrogens (tertiary/aromatic N) is 1. The number of nitrogens with two attached hydrogens (primary N) is 1. The van der Waals surface area contributed by atoms with Gasteiger partial charge in [-0.3, -0.25) is 4.79 Å². The molecule has 5 N–H and O–H groups in total. The maximum absolute atomic E-state index is 10.5. The SMILES string of the molecule is Nc1ccc([C@@H](O)CNCCOc2ccc(CCC(=O)O)cc2)cn1. The van der Waals surface area contributed by atoms with Crippen LogP contribution in [0.1, 0.15) is 23.7 Å². The molecule has 1 atom stereocenters. The largest absolute Gasteiger partial charge is 0.492 e. The predicted molar refractivity (Wildman–Crippen MR) is 94.4 cm³/mol. The van der Waals surface area contributed by atoms with E-state index in [1.54, 1.807) is 18.3 Å². The van der Waals surface area contributed by atoms with Crippen LogP contribution >= 0.6 is 0 Å². The topological polar surface area (TPSA) is 118 Å². The van der Waals surface area contributed by atoms with Gasteiger partial charge in [0.2, 0.25) is 0 Å². The minimum Gasteiger partial charge on any atom is -0.492 e. The maximum atomic E-state index is 10.5. The van der Waals surface area contributed by atoms with Gasteiger partial charge < -0.3 is 26.0 Å². The Balaban J connectivity index is 1.64. The second-order valence-corrected chi connectivity index (χ2v) is 5.62. The molecule has 7 heteroatoms. The quantitative estimate of drug-likeness (QED) is 0.481. The van der Waals surface area contributed by atoms with E-state index in [-0.39, 0.29) is 6.42 Å². The molecule has 1 heterocycles. The molecule has 0 radical (unpaired) electrons. The van der Waals surface area contributed by atoms with Crippen molar-refractivity contribution in [2.75, 3.05) is 25.4 Å². The van der Waals surface area contributed by atoms with Gasteiger partial charge in [-0.25, -0.2) is 4.98 Å². The molecular formula is C18H23N3O4. The van der Waals surface area contributed by atoms with Crippen molar-refractivity contribution in [2.45, 2.75) is 18.9 Å². The first-order valence-electron chi connectivity index (χ1n) is 8.08. The van der Waals surface area contributed by atoms with Gasteiger partial charge >= 0.3 is 5.97 Å². The highest BCUT2D eigenvalue weighted by Crippen LogP contribution is 2.14. The number of anilines is 1. The van der Waals surface area contributed by atoms with Crippen LogP contribution in [-0.2, 0) is 11.2 Å². The molecule has 0 bridgehead atoms.